The van der Waals surface area contributed by atoms with E-state index in [0.29, 0.717) is 11.4 Å². The third-order valence-corrected chi connectivity index (χ3v) is 3.87. The number of H-pyrrole nitrogens is 1. The number of nitrogens with one attached hydrogen (secondary N) is 2. The molecule has 0 amide bonds. The molecule has 0 spiro atoms. The highest BCUT2D eigenvalue weighted by atomic mass is 16.3. The largest absolute Gasteiger partial charge is 0.388 e. The Morgan fingerprint density at radius 3 is 2.86 bits per heavy atom. The predicted octanol–water partition coefficient (Wildman–Crippen LogP) is 1.17. The van der Waals surface area contributed by atoms with Crippen molar-refractivity contribution in [1.29, 1.82) is 0 Å². The number of aliphatic hydroxyl groups is 1. The Balaban J connectivity index is 2.00. The Morgan fingerprint density at radius 1 is 1.48 bits per heavy atom. The predicted molar refractivity (Wildman–Crippen MR) is 79.8 cm³/mol. The lowest BCUT2D eigenvalue weighted by atomic mass is 10.1. The van der Waals surface area contributed by atoms with E-state index < -0.39 is 6.10 Å². The summed E-state index contributed by atoms with van der Waals surface area (Å²) in [6, 6.07) is 5.11. The zero-order valence-corrected chi connectivity index (χ0v) is 12.2. The van der Waals surface area contributed by atoms with E-state index in [1.807, 2.05) is 24.2 Å². The molecule has 0 bridgehead atoms. The molecule has 2 atom stereocenters. The van der Waals surface area contributed by atoms with Crippen molar-refractivity contribution in [3.8, 4) is 0 Å². The minimum atomic E-state index is -0.659. The normalized spacial score (nSPS) is 21.7. The van der Waals surface area contributed by atoms with Crippen LogP contribution in [0.3, 0.4) is 0 Å². The van der Waals surface area contributed by atoms with Crippen LogP contribution in [0.2, 0.25) is 0 Å². The zero-order chi connectivity index (χ0) is 15.1. The minimum absolute atomic E-state index is 0.0187. The Kier molecular flexibility index (Phi) is 3.17. The molecule has 110 valence electrons. The van der Waals surface area contributed by atoms with Crippen LogP contribution in [0.4, 0.5) is 0 Å². The van der Waals surface area contributed by atoms with Crippen molar-refractivity contribution in [2.75, 3.05) is 14.1 Å². The van der Waals surface area contributed by atoms with Crippen molar-refractivity contribution in [3.05, 3.63) is 41.5 Å². The fourth-order valence-electron chi connectivity index (χ4n) is 2.71. The van der Waals surface area contributed by atoms with Crippen LogP contribution in [0, 0.1) is 0 Å². The maximum atomic E-state index is 11.4. The van der Waals surface area contributed by atoms with Gasteiger partial charge in [-0.2, -0.15) is 0 Å². The van der Waals surface area contributed by atoms with Crippen LogP contribution in [0.5, 0.6) is 0 Å². The standard InChI is InChI=1S/C15H18N4O2/c1-8(20)9-4-5-10-11(6-9)18-15(17-10)13-14(21)12(16-2)7-19(13)3/h4-7,13-14,16,21H,1-3H3,(H,17,18). The summed E-state index contributed by atoms with van der Waals surface area (Å²) in [7, 11) is 3.68. The van der Waals surface area contributed by atoms with Crippen molar-refractivity contribution >= 4 is 16.8 Å². The molecule has 3 N–H and O–H groups in total. The van der Waals surface area contributed by atoms with E-state index in [1.165, 1.54) is 6.92 Å². The summed E-state index contributed by atoms with van der Waals surface area (Å²) in [5.41, 5.74) is 2.99. The van der Waals surface area contributed by atoms with Crippen LogP contribution in [-0.2, 0) is 0 Å². The molecule has 1 aliphatic rings. The number of aliphatic hydroxyl groups excluding tert-OH is 1. The van der Waals surface area contributed by atoms with Gasteiger partial charge in [0, 0.05) is 25.9 Å². The van der Waals surface area contributed by atoms with Gasteiger partial charge in [-0.15, -0.1) is 0 Å². The lowest BCUT2D eigenvalue weighted by molar-refractivity contribution is 0.101. The number of fused-ring (bicyclic) bond motifs is 1. The van der Waals surface area contributed by atoms with E-state index in [9.17, 15) is 9.90 Å². The van der Waals surface area contributed by atoms with Crippen molar-refractivity contribution in [3.63, 3.8) is 0 Å². The van der Waals surface area contributed by atoms with Crippen molar-refractivity contribution < 1.29 is 9.90 Å². The third-order valence-electron chi connectivity index (χ3n) is 3.87. The van der Waals surface area contributed by atoms with Crippen LogP contribution < -0.4 is 5.32 Å². The molecule has 1 aliphatic heterocycles. The summed E-state index contributed by atoms with van der Waals surface area (Å²) in [5.74, 6) is 0.701. The maximum absolute atomic E-state index is 11.4. The van der Waals surface area contributed by atoms with Crippen LogP contribution in [0.25, 0.3) is 11.0 Å². The van der Waals surface area contributed by atoms with Gasteiger partial charge < -0.3 is 20.3 Å². The first-order valence-electron chi connectivity index (χ1n) is 6.81. The molecule has 1 aromatic carbocycles. The Labute approximate surface area is 122 Å². The smallest absolute Gasteiger partial charge is 0.159 e. The van der Waals surface area contributed by atoms with Crippen LogP contribution in [-0.4, -0.2) is 46.0 Å². The SMILES string of the molecule is CNC1=CN(C)C(c2nc3ccc(C(C)=O)cc3[nH]2)C1O. The number of Topliss-reactive ketones (excluding diaryl/α,β-unsaturated/α-hetero) is 1. The Hall–Kier alpha value is -2.34. The molecule has 2 heterocycles. The number of hydrogen-bond donors (Lipinski definition) is 3. The summed E-state index contributed by atoms with van der Waals surface area (Å²) in [6.45, 7) is 1.54. The van der Waals surface area contributed by atoms with E-state index in [2.05, 4.69) is 15.3 Å². The maximum Gasteiger partial charge on any atom is 0.159 e. The fourth-order valence-corrected chi connectivity index (χ4v) is 2.71. The van der Waals surface area contributed by atoms with E-state index in [4.69, 9.17) is 0 Å². The molecule has 0 saturated carbocycles. The third kappa shape index (κ3) is 2.17. The van der Waals surface area contributed by atoms with Crippen molar-refractivity contribution in [2.45, 2.75) is 19.1 Å². The first-order chi connectivity index (χ1) is 10.0. The molecule has 2 aromatic rings. The Bertz CT molecular complexity index is 734. The quantitative estimate of drug-likeness (QED) is 0.738. The molecule has 6 heteroatoms. The van der Waals surface area contributed by atoms with Gasteiger partial charge in [0.1, 0.15) is 18.0 Å². The van der Waals surface area contributed by atoms with Crippen LogP contribution >= 0.6 is 0 Å². The number of rotatable bonds is 3. The molecule has 0 aliphatic carbocycles. The van der Waals surface area contributed by atoms with Gasteiger partial charge in [-0.1, -0.05) is 0 Å². The number of carbonyl (C=O) groups is 1. The fraction of sp³-hybridized carbons (Fsp3) is 0.333. The molecule has 0 radical (unpaired) electrons. The number of likely N-dealkylation sites (N-methyl/N-ethyl adjacent to an activating group) is 2. The Morgan fingerprint density at radius 2 is 2.24 bits per heavy atom. The zero-order valence-electron chi connectivity index (χ0n) is 12.2. The van der Waals surface area contributed by atoms with Gasteiger partial charge in [0.05, 0.1) is 16.7 Å². The number of carbonyl (C=O) groups excluding carboxylic acids is 1. The van der Waals surface area contributed by atoms with Crippen molar-refractivity contribution in [1.82, 2.24) is 20.2 Å². The molecule has 1 aromatic heterocycles. The molecule has 0 fully saturated rings. The molecular formula is C15H18N4O2. The lowest BCUT2D eigenvalue weighted by Crippen LogP contribution is -2.28. The van der Waals surface area contributed by atoms with Gasteiger partial charge in [-0.25, -0.2) is 4.98 Å². The molecule has 2 unspecified atom stereocenters. The monoisotopic (exact) mass is 286 g/mol. The summed E-state index contributed by atoms with van der Waals surface area (Å²) in [5, 5.41) is 13.3. The number of ketones is 1. The van der Waals surface area contributed by atoms with Crippen LogP contribution in [0.1, 0.15) is 29.1 Å². The number of imidazole rings is 1. The molecular weight excluding hydrogens is 268 g/mol. The van der Waals surface area contributed by atoms with Gasteiger partial charge in [-0.05, 0) is 25.1 Å². The highest BCUT2D eigenvalue weighted by Gasteiger charge is 2.35. The summed E-state index contributed by atoms with van der Waals surface area (Å²) in [4.78, 5) is 21.1. The van der Waals surface area contributed by atoms with E-state index in [-0.39, 0.29) is 11.8 Å². The summed E-state index contributed by atoms with van der Waals surface area (Å²) < 4.78 is 0. The summed E-state index contributed by atoms with van der Waals surface area (Å²) in [6.07, 6.45) is 1.21. The molecule has 0 saturated heterocycles. The highest BCUT2D eigenvalue weighted by molar-refractivity contribution is 5.97. The second-order valence-corrected chi connectivity index (χ2v) is 5.30. The number of nitrogens with zero attached hydrogens (tertiary/aromatic N) is 2. The number of aromatic amines is 1. The van der Waals surface area contributed by atoms with Gasteiger partial charge in [0.25, 0.3) is 0 Å². The second-order valence-electron chi connectivity index (χ2n) is 5.30. The van der Waals surface area contributed by atoms with Gasteiger partial charge in [0.2, 0.25) is 0 Å². The van der Waals surface area contributed by atoms with Gasteiger partial charge in [-0.3, -0.25) is 4.79 Å². The van der Waals surface area contributed by atoms with Gasteiger partial charge in [0.15, 0.2) is 5.78 Å². The highest BCUT2D eigenvalue weighted by Crippen LogP contribution is 2.31. The topological polar surface area (TPSA) is 81.2 Å². The number of benzene rings is 1. The molecule has 21 heavy (non-hydrogen) atoms. The number of aromatic nitrogens is 2. The first-order valence-corrected chi connectivity index (χ1v) is 6.81. The van der Waals surface area contributed by atoms with E-state index in [1.54, 1.807) is 19.2 Å². The lowest BCUT2D eigenvalue weighted by Gasteiger charge is -2.21. The van der Waals surface area contributed by atoms with Crippen molar-refractivity contribution in [2.24, 2.45) is 0 Å². The minimum Gasteiger partial charge on any atom is -0.388 e. The van der Waals surface area contributed by atoms with E-state index >= 15 is 0 Å². The average molecular weight is 286 g/mol. The van der Waals surface area contributed by atoms with Gasteiger partial charge >= 0.3 is 0 Å². The molecule has 6 nitrogen and oxygen atoms in total. The average Bonchev–Trinajstić information content (AvgIpc) is 2.98. The summed E-state index contributed by atoms with van der Waals surface area (Å²) >= 11 is 0. The van der Waals surface area contributed by atoms with Crippen LogP contribution in [0.15, 0.2) is 30.1 Å². The number of hydrogen-bond acceptors (Lipinski definition) is 5. The first kappa shape index (κ1) is 13.6. The second kappa shape index (κ2) is 4.89. The van der Waals surface area contributed by atoms with E-state index in [0.717, 1.165) is 16.7 Å². The molecule has 3 rings (SSSR count).